The molecule has 6 aromatic carbocycles. The third-order valence-corrected chi connectivity index (χ3v) is 9.81. The molecule has 1 aliphatic carbocycles. The molecule has 7 rings (SSSR count). The van der Waals surface area contributed by atoms with Gasteiger partial charge in [0.1, 0.15) is 23.0 Å². The zero-order valence-electron chi connectivity index (χ0n) is 25.2. The van der Waals surface area contributed by atoms with Gasteiger partial charge in [-0.2, -0.15) is 0 Å². The van der Waals surface area contributed by atoms with Gasteiger partial charge in [-0.15, -0.1) is 0 Å². The normalized spacial score (nSPS) is 12.5. The Bertz CT molecular complexity index is 1770. The molecule has 45 heavy (non-hydrogen) atoms. The minimum atomic E-state index is -0.521. The summed E-state index contributed by atoms with van der Waals surface area (Å²) in [5.41, 5.74) is 10.3. The van der Waals surface area contributed by atoms with Crippen LogP contribution in [0, 0.1) is 0 Å². The fraction of sp³-hybridized carbons (Fsp3) is 0.122. The fourth-order valence-electron chi connectivity index (χ4n) is 7.01. The van der Waals surface area contributed by atoms with E-state index in [0.29, 0.717) is 0 Å². The average Bonchev–Trinajstić information content (AvgIpc) is 3.42. The Morgan fingerprint density at radius 1 is 0.356 bits per heavy atom. The quantitative estimate of drug-likeness (QED) is 0.146. The molecule has 222 valence electrons. The van der Waals surface area contributed by atoms with Crippen LogP contribution in [0.15, 0.2) is 133 Å². The predicted molar refractivity (Wildman–Crippen MR) is 178 cm³/mol. The summed E-state index contributed by atoms with van der Waals surface area (Å²) < 4.78 is 0. The van der Waals surface area contributed by atoms with Crippen LogP contribution in [-0.4, -0.2) is 20.4 Å². The molecule has 4 heteroatoms. The number of aromatic hydroxyl groups is 4. The second kappa shape index (κ2) is 10.6. The van der Waals surface area contributed by atoms with E-state index < -0.39 is 10.8 Å². The summed E-state index contributed by atoms with van der Waals surface area (Å²) in [5.74, 6) is 0.884. The van der Waals surface area contributed by atoms with E-state index in [1.807, 2.05) is 48.5 Å². The Morgan fingerprint density at radius 2 is 0.600 bits per heavy atom. The predicted octanol–water partition coefficient (Wildman–Crippen LogP) is 8.79. The van der Waals surface area contributed by atoms with Crippen LogP contribution in [0.3, 0.4) is 0 Å². The lowest BCUT2D eigenvalue weighted by Crippen LogP contribution is -2.25. The summed E-state index contributed by atoms with van der Waals surface area (Å²) in [4.78, 5) is 0. The molecule has 6 aromatic rings. The lowest BCUT2D eigenvalue weighted by molar-refractivity contribution is 0.473. The first-order chi connectivity index (χ1) is 21.7. The Kier molecular flexibility index (Phi) is 6.67. The molecule has 0 heterocycles. The Hall–Kier alpha value is -5.48. The number of rotatable bonds is 6. The number of phenols is 4. The van der Waals surface area contributed by atoms with Gasteiger partial charge >= 0.3 is 0 Å². The number of phenolic OH excluding ortho intramolecular Hbond substituents is 4. The van der Waals surface area contributed by atoms with E-state index in [2.05, 4.69) is 50.2 Å². The van der Waals surface area contributed by atoms with Crippen molar-refractivity contribution in [1.29, 1.82) is 0 Å². The van der Waals surface area contributed by atoms with Crippen LogP contribution in [-0.2, 0) is 17.3 Å². The maximum atomic E-state index is 10.0. The first-order valence-corrected chi connectivity index (χ1v) is 15.1. The highest BCUT2D eigenvalue weighted by Crippen LogP contribution is 2.46. The highest BCUT2D eigenvalue weighted by atomic mass is 16.3. The molecule has 0 aliphatic heterocycles. The monoisotopic (exact) mass is 590 g/mol. The first kappa shape index (κ1) is 28.3. The van der Waals surface area contributed by atoms with E-state index in [4.69, 9.17) is 0 Å². The number of hydrogen-bond acceptors (Lipinski definition) is 4. The molecule has 0 bridgehead atoms. The molecule has 4 nitrogen and oxygen atoms in total. The molecule has 0 fully saturated rings. The third kappa shape index (κ3) is 4.70. The molecule has 4 N–H and O–H groups in total. The van der Waals surface area contributed by atoms with Crippen LogP contribution in [0.1, 0.15) is 58.4 Å². The van der Waals surface area contributed by atoms with Crippen molar-refractivity contribution >= 4 is 0 Å². The molecule has 0 saturated carbocycles. The average molecular weight is 591 g/mol. The van der Waals surface area contributed by atoms with E-state index in [1.165, 1.54) is 22.3 Å². The van der Waals surface area contributed by atoms with Gasteiger partial charge in [0, 0.05) is 10.8 Å². The molecular formula is C41H34O4. The minimum Gasteiger partial charge on any atom is -0.508 e. The molecule has 0 atom stereocenters. The van der Waals surface area contributed by atoms with Crippen molar-refractivity contribution in [3.63, 3.8) is 0 Å². The van der Waals surface area contributed by atoms with Crippen molar-refractivity contribution in [1.82, 2.24) is 0 Å². The summed E-state index contributed by atoms with van der Waals surface area (Å²) in [7, 11) is 0. The molecule has 0 spiro atoms. The molecule has 0 unspecified atom stereocenters. The van der Waals surface area contributed by atoms with E-state index in [-0.39, 0.29) is 23.0 Å². The zero-order chi connectivity index (χ0) is 31.3. The lowest BCUT2D eigenvalue weighted by atomic mass is 9.70. The second-order valence-electron chi connectivity index (χ2n) is 12.4. The maximum Gasteiger partial charge on any atom is 0.115 e. The van der Waals surface area contributed by atoms with Crippen LogP contribution in [0.4, 0.5) is 0 Å². The van der Waals surface area contributed by atoms with Crippen LogP contribution in [0.25, 0.3) is 11.1 Å². The number of hydrogen-bond donors (Lipinski definition) is 4. The van der Waals surface area contributed by atoms with Gasteiger partial charge in [0.25, 0.3) is 0 Å². The minimum absolute atomic E-state index is 0.221. The van der Waals surface area contributed by atoms with Crippen LogP contribution in [0.2, 0.25) is 0 Å². The summed E-state index contributed by atoms with van der Waals surface area (Å²) >= 11 is 0. The standard InChI is InChI=1S/C41H34O4/c1-40(28-3-13-34(42)14-4-28,29-5-15-35(43)16-6-29)32-11-21-38-26(24-32)23-27-25-33(12-22-39(27)38)41(2,30-7-17-36(44)18-8-30)31-9-19-37(45)20-10-31/h3-22,24-25,42-45H,23H2,1-2H3. The van der Waals surface area contributed by atoms with Crippen molar-refractivity contribution in [2.75, 3.05) is 0 Å². The Morgan fingerprint density at radius 3 is 0.867 bits per heavy atom. The van der Waals surface area contributed by atoms with Crippen molar-refractivity contribution in [2.24, 2.45) is 0 Å². The van der Waals surface area contributed by atoms with Gasteiger partial charge in [-0.05, 0) is 124 Å². The third-order valence-electron chi connectivity index (χ3n) is 9.81. The Labute approximate surface area is 263 Å². The topological polar surface area (TPSA) is 80.9 Å². The van der Waals surface area contributed by atoms with Crippen LogP contribution >= 0.6 is 0 Å². The van der Waals surface area contributed by atoms with Gasteiger partial charge in [0.15, 0.2) is 0 Å². The molecule has 1 aliphatic rings. The molecular weight excluding hydrogens is 556 g/mol. The van der Waals surface area contributed by atoms with Gasteiger partial charge in [0.05, 0.1) is 0 Å². The van der Waals surface area contributed by atoms with Gasteiger partial charge in [-0.25, -0.2) is 0 Å². The fourth-order valence-corrected chi connectivity index (χ4v) is 7.01. The van der Waals surface area contributed by atoms with Crippen LogP contribution in [0.5, 0.6) is 23.0 Å². The highest BCUT2D eigenvalue weighted by Gasteiger charge is 2.35. The lowest BCUT2D eigenvalue weighted by Gasteiger charge is -2.32. The van der Waals surface area contributed by atoms with Crippen molar-refractivity contribution in [3.05, 3.63) is 178 Å². The molecule has 0 saturated heterocycles. The van der Waals surface area contributed by atoms with Crippen molar-refractivity contribution < 1.29 is 20.4 Å². The van der Waals surface area contributed by atoms with Gasteiger partial charge in [0.2, 0.25) is 0 Å². The smallest absolute Gasteiger partial charge is 0.115 e. The number of benzene rings is 6. The number of fused-ring (bicyclic) bond motifs is 3. The summed E-state index contributed by atoms with van der Waals surface area (Å²) in [5, 5.41) is 40.1. The van der Waals surface area contributed by atoms with Crippen molar-refractivity contribution in [2.45, 2.75) is 31.1 Å². The zero-order valence-corrected chi connectivity index (χ0v) is 25.2. The SMILES string of the molecule is CC(c1ccc(O)cc1)(c1ccc(O)cc1)c1ccc2c(c1)Cc1cc(C(C)(c3ccc(O)cc3)c3ccc(O)cc3)ccc1-2. The van der Waals surface area contributed by atoms with E-state index >= 15 is 0 Å². The Balaban J connectivity index is 1.32. The van der Waals surface area contributed by atoms with E-state index in [1.54, 1.807) is 48.5 Å². The maximum absolute atomic E-state index is 10.0. The van der Waals surface area contributed by atoms with Gasteiger partial charge in [-0.1, -0.05) is 84.9 Å². The van der Waals surface area contributed by atoms with Crippen LogP contribution < -0.4 is 0 Å². The van der Waals surface area contributed by atoms with E-state index in [0.717, 1.165) is 39.8 Å². The highest BCUT2D eigenvalue weighted by molar-refractivity contribution is 5.78. The van der Waals surface area contributed by atoms with Gasteiger partial charge in [-0.3, -0.25) is 0 Å². The molecule has 0 radical (unpaired) electrons. The summed E-state index contributed by atoms with van der Waals surface area (Å²) in [6.45, 7) is 4.38. The van der Waals surface area contributed by atoms with E-state index in [9.17, 15) is 20.4 Å². The van der Waals surface area contributed by atoms with Gasteiger partial charge < -0.3 is 20.4 Å². The molecule has 0 aromatic heterocycles. The van der Waals surface area contributed by atoms with Crippen molar-refractivity contribution in [3.8, 4) is 34.1 Å². The second-order valence-corrected chi connectivity index (χ2v) is 12.4. The summed E-state index contributed by atoms with van der Waals surface area (Å²) in [6, 6.07) is 42.9. The first-order valence-electron chi connectivity index (χ1n) is 15.1. The largest absolute Gasteiger partial charge is 0.508 e. The molecule has 0 amide bonds. The summed E-state index contributed by atoms with van der Waals surface area (Å²) in [6.07, 6.45) is 0.787.